The third-order valence-corrected chi connectivity index (χ3v) is 2.75. The first-order chi connectivity index (χ1) is 7.00. The number of anilines is 1. The number of carbonyl (C=O) groups excluding carboxylic acids is 1. The molecule has 0 bridgehead atoms. The van der Waals surface area contributed by atoms with Crippen LogP contribution in [0.4, 0.5) is 10.1 Å². The van der Waals surface area contributed by atoms with E-state index < -0.39 is 0 Å². The second kappa shape index (κ2) is 3.33. The van der Waals surface area contributed by atoms with E-state index in [9.17, 15) is 9.18 Å². The highest BCUT2D eigenvalue weighted by Gasteiger charge is 2.29. The van der Waals surface area contributed by atoms with Crippen molar-refractivity contribution < 1.29 is 9.18 Å². The monoisotopic (exact) mass is 207 g/mol. The number of halogens is 1. The van der Waals surface area contributed by atoms with Gasteiger partial charge in [-0.15, -0.1) is 0 Å². The zero-order valence-corrected chi connectivity index (χ0v) is 9.17. The van der Waals surface area contributed by atoms with Gasteiger partial charge in [-0.25, -0.2) is 4.39 Å². The lowest BCUT2D eigenvalue weighted by Gasteiger charge is -2.22. The van der Waals surface area contributed by atoms with Gasteiger partial charge >= 0.3 is 0 Å². The SMILES string of the molecule is Cc1cc2c(cc1F)N(C(C)C)C(=O)C2. The van der Waals surface area contributed by atoms with Crippen LogP contribution in [0.3, 0.4) is 0 Å². The highest BCUT2D eigenvalue weighted by atomic mass is 19.1. The average Bonchev–Trinajstić information content (AvgIpc) is 2.41. The second-order valence-electron chi connectivity index (χ2n) is 4.26. The largest absolute Gasteiger partial charge is 0.309 e. The van der Waals surface area contributed by atoms with Gasteiger partial charge in [0, 0.05) is 6.04 Å². The molecule has 1 aromatic rings. The number of fused-ring (bicyclic) bond motifs is 1. The Labute approximate surface area is 88.7 Å². The Morgan fingerprint density at radius 1 is 1.40 bits per heavy atom. The molecule has 1 aliphatic heterocycles. The Kier molecular flexibility index (Phi) is 2.25. The summed E-state index contributed by atoms with van der Waals surface area (Å²) in [5.41, 5.74) is 2.28. The molecule has 0 aliphatic carbocycles. The van der Waals surface area contributed by atoms with Gasteiger partial charge in [0.25, 0.3) is 0 Å². The molecular formula is C12H14FNO. The Bertz CT molecular complexity index is 426. The third-order valence-electron chi connectivity index (χ3n) is 2.75. The Balaban J connectivity index is 2.54. The lowest BCUT2D eigenvalue weighted by molar-refractivity contribution is -0.117. The molecule has 2 nitrogen and oxygen atoms in total. The topological polar surface area (TPSA) is 20.3 Å². The maximum absolute atomic E-state index is 13.4. The number of benzene rings is 1. The fourth-order valence-corrected chi connectivity index (χ4v) is 2.05. The van der Waals surface area contributed by atoms with Gasteiger partial charge in [0.15, 0.2) is 0 Å². The summed E-state index contributed by atoms with van der Waals surface area (Å²) in [7, 11) is 0. The zero-order chi connectivity index (χ0) is 11.2. The van der Waals surface area contributed by atoms with Gasteiger partial charge in [0.1, 0.15) is 5.82 Å². The van der Waals surface area contributed by atoms with Crippen LogP contribution in [0.1, 0.15) is 25.0 Å². The van der Waals surface area contributed by atoms with Crippen LogP contribution >= 0.6 is 0 Å². The number of amides is 1. The Morgan fingerprint density at radius 2 is 2.07 bits per heavy atom. The van der Waals surface area contributed by atoms with Gasteiger partial charge in [0.2, 0.25) is 5.91 Å². The summed E-state index contributed by atoms with van der Waals surface area (Å²) in [6.45, 7) is 5.59. The summed E-state index contributed by atoms with van der Waals surface area (Å²) < 4.78 is 13.4. The van der Waals surface area contributed by atoms with Gasteiger partial charge in [-0.2, -0.15) is 0 Å². The van der Waals surface area contributed by atoms with E-state index >= 15 is 0 Å². The van der Waals surface area contributed by atoms with E-state index in [0.29, 0.717) is 12.0 Å². The Hall–Kier alpha value is -1.38. The van der Waals surface area contributed by atoms with E-state index in [-0.39, 0.29) is 17.8 Å². The summed E-state index contributed by atoms with van der Waals surface area (Å²) in [6.07, 6.45) is 0.397. The van der Waals surface area contributed by atoms with E-state index in [1.165, 1.54) is 6.07 Å². The first-order valence-electron chi connectivity index (χ1n) is 5.12. The van der Waals surface area contributed by atoms with Crippen molar-refractivity contribution in [3.05, 3.63) is 29.1 Å². The molecular weight excluding hydrogens is 193 g/mol. The van der Waals surface area contributed by atoms with Crippen LogP contribution in [0.25, 0.3) is 0 Å². The minimum absolute atomic E-state index is 0.0602. The molecule has 1 heterocycles. The number of hydrogen-bond donors (Lipinski definition) is 0. The molecule has 1 aromatic carbocycles. The normalized spacial score (nSPS) is 15.0. The second-order valence-corrected chi connectivity index (χ2v) is 4.26. The molecule has 0 unspecified atom stereocenters. The van der Waals surface area contributed by atoms with Crippen LogP contribution in [0.2, 0.25) is 0 Å². The molecule has 1 aliphatic rings. The van der Waals surface area contributed by atoms with Crippen molar-refractivity contribution >= 4 is 11.6 Å². The van der Waals surface area contributed by atoms with Crippen LogP contribution in [-0.2, 0) is 11.2 Å². The molecule has 0 saturated heterocycles. The van der Waals surface area contributed by atoms with Crippen molar-refractivity contribution in [3.63, 3.8) is 0 Å². The molecule has 80 valence electrons. The van der Waals surface area contributed by atoms with Crippen molar-refractivity contribution in [2.75, 3.05) is 4.90 Å². The first-order valence-corrected chi connectivity index (χ1v) is 5.12. The number of rotatable bonds is 1. The number of hydrogen-bond acceptors (Lipinski definition) is 1. The first kappa shape index (κ1) is 10.1. The predicted molar refractivity (Wildman–Crippen MR) is 57.5 cm³/mol. The van der Waals surface area contributed by atoms with Crippen LogP contribution in [0, 0.1) is 12.7 Å². The van der Waals surface area contributed by atoms with E-state index in [1.54, 1.807) is 17.9 Å². The van der Waals surface area contributed by atoms with Crippen LogP contribution in [0.15, 0.2) is 12.1 Å². The quantitative estimate of drug-likeness (QED) is 0.692. The van der Waals surface area contributed by atoms with Crippen LogP contribution < -0.4 is 4.90 Å². The Morgan fingerprint density at radius 3 is 2.67 bits per heavy atom. The maximum atomic E-state index is 13.4. The number of aryl methyl sites for hydroxylation is 1. The van der Waals surface area contributed by atoms with Gasteiger partial charge in [0.05, 0.1) is 12.1 Å². The van der Waals surface area contributed by atoms with E-state index in [4.69, 9.17) is 0 Å². The lowest BCUT2D eigenvalue weighted by atomic mass is 10.1. The molecule has 0 fully saturated rings. The minimum Gasteiger partial charge on any atom is -0.309 e. The number of carbonyl (C=O) groups is 1. The molecule has 0 aromatic heterocycles. The smallest absolute Gasteiger partial charge is 0.231 e. The molecule has 0 radical (unpaired) electrons. The van der Waals surface area contributed by atoms with Crippen molar-refractivity contribution in [1.29, 1.82) is 0 Å². The maximum Gasteiger partial charge on any atom is 0.231 e. The average molecular weight is 207 g/mol. The van der Waals surface area contributed by atoms with Gasteiger partial charge in [-0.05, 0) is 38.0 Å². The van der Waals surface area contributed by atoms with Crippen molar-refractivity contribution in [2.24, 2.45) is 0 Å². The van der Waals surface area contributed by atoms with Gasteiger partial charge < -0.3 is 4.90 Å². The molecule has 0 atom stereocenters. The van der Waals surface area contributed by atoms with Crippen LogP contribution in [0.5, 0.6) is 0 Å². The van der Waals surface area contributed by atoms with E-state index in [2.05, 4.69) is 0 Å². The molecule has 0 saturated carbocycles. The number of nitrogens with zero attached hydrogens (tertiary/aromatic N) is 1. The zero-order valence-electron chi connectivity index (χ0n) is 9.17. The molecule has 0 N–H and O–H groups in total. The molecule has 2 rings (SSSR count). The summed E-state index contributed by atoms with van der Waals surface area (Å²) in [6, 6.07) is 3.32. The summed E-state index contributed by atoms with van der Waals surface area (Å²) >= 11 is 0. The van der Waals surface area contributed by atoms with Crippen molar-refractivity contribution in [1.82, 2.24) is 0 Å². The summed E-state index contributed by atoms with van der Waals surface area (Å²) in [4.78, 5) is 13.4. The highest BCUT2D eigenvalue weighted by molar-refractivity contribution is 6.01. The molecule has 15 heavy (non-hydrogen) atoms. The van der Waals surface area contributed by atoms with E-state index in [0.717, 1.165) is 11.3 Å². The van der Waals surface area contributed by atoms with Gasteiger partial charge in [-0.1, -0.05) is 6.07 Å². The van der Waals surface area contributed by atoms with E-state index in [1.807, 2.05) is 13.8 Å². The van der Waals surface area contributed by atoms with Gasteiger partial charge in [-0.3, -0.25) is 4.79 Å². The fraction of sp³-hybridized carbons (Fsp3) is 0.417. The molecule has 1 amide bonds. The minimum atomic E-state index is -0.242. The standard InChI is InChI=1S/C12H14FNO/c1-7(2)14-11-6-10(13)8(3)4-9(11)5-12(14)15/h4,6-7H,5H2,1-3H3. The fourth-order valence-electron chi connectivity index (χ4n) is 2.05. The molecule has 3 heteroatoms. The third kappa shape index (κ3) is 1.52. The van der Waals surface area contributed by atoms with Crippen LogP contribution in [-0.4, -0.2) is 11.9 Å². The summed E-state index contributed by atoms with van der Waals surface area (Å²) in [5, 5.41) is 0. The van der Waals surface area contributed by atoms with Crippen molar-refractivity contribution in [3.8, 4) is 0 Å². The van der Waals surface area contributed by atoms with Crippen molar-refractivity contribution in [2.45, 2.75) is 33.2 Å². The summed E-state index contributed by atoms with van der Waals surface area (Å²) in [5.74, 6) is -0.181. The molecule has 0 spiro atoms. The predicted octanol–water partition coefficient (Wildman–Crippen LogP) is 2.43. The lowest BCUT2D eigenvalue weighted by Crippen LogP contribution is -2.33. The highest BCUT2D eigenvalue weighted by Crippen LogP contribution is 2.32.